The number of benzene rings is 1. The second-order valence-electron chi connectivity index (χ2n) is 5.01. The third kappa shape index (κ3) is 3.87. The second-order valence-corrected chi connectivity index (χ2v) is 6.24. The quantitative estimate of drug-likeness (QED) is 0.759. The fourth-order valence-electron chi connectivity index (χ4n) is 2.38. The first kappa shape index (κ1) is 16.5. The minimum atomic E-state index is 0.0106. The highest BCUT2D eigenvalue weighted by molar-refractivity contribution is 9.10. The Morgan fingerprint density at radius 2 is 2.14 bits per heavy atom. The zero-order valence-corrected chi connectivity index (χ0v) is 14.8. The van der Waals surface area contributed by atoms with Crippen LogP contribution in [0.5, 0.6) is 0 Å². The molecule has 0 spiro atoms. The second kappa shape index (κ2) is 7.97. The summed E-state index contributed by atoms with van der Waals surface area (Å²) in [4.78, 5) is 4.56. The van der Waals surface area contributed by atoms with Gasteiger partial charge in [0.15, 0.2) is 0 Å². The number of aryl methyl sites for hydroxylation is 1. The van der Waals surface area contributed by atoms with Crippen molar-refractivity contribution in [3.8, 4) is 0 Å². The van der Waals surface area contributed by atoms with Crippen LogP contribution < -0.4 is 5.32 Å². The molecule has 1 aromatic heterocycles. The van der Waals surface area contributed by atoms with E-state index in [1.54, 1.807) is 0 Å². The molecular weight excluding hydrogens is 350 g/mol. The highest BCUT2D eigenvalue weighted by Gasteiger charge is 2.21. The van der Waals surface area contributed by atoms with Gasteiger partial charge in [0.2, 0.25) is 0 Å². The van der Waals surface area contributed by atoms with E-state index in [1.165, 1.54) is 0 Å². The standard InChI is InChI=1S/C16H21BrClN3/c1-3-8-19-15(12-6-5-7-13(17)14(12)18)16-20-9-11-21(16)10-4-2/h5-7,9,11,15,19H,3-4,8,10H2,1-2H3. The molecule has 0 aliphatic carbocycles. The summed E-state index contributed by atoms with van der Waals surface area (Å²) in [5.41, 5.74) is 1.06. The van der Waals surface area contributed by atoms with Gasteiger partial charge in [-0.2, -0.15) is 0 Å². The van der Waals surface area contributed by atoms with Crippen molar-refractivity contribution in [3.63, 3.8) is 0 Å². The van der Waals surface area contributed by atoms with Gasteiger partial charge in [0.1, 0.15) is 5.82 Å². The minimum Gasteiger partial charge on any atom is -0.333 e. The molecule has 3 nitrogen and oxygen atoms in total. The molecule has 2 rings (SSSR count). The molecule has 114 valence electrons. The fraction of sp³-hybridized carbons (Fsp3) is 0.438. The summed E-state index contributed by atoms with van der Waals surface area (Å²) in [7, 11) is 0. The summed E-state index contributed by atoms with van der Waals surface area (Å²) in [5.74, 6) is 1.02. The number of aromatic nitrogens is 2. The van der Waals surface area contributed by atoms with Gasteiger partial charge in [0.25, 0.3) is 0 Å². The minimum absolute atomic E-state index is 0.0106. The summed E-state index contributed by atoms with van der Waals surface area (Å²) >= 11 is 10.00. The molecule has 1 aromatic carbocycles. The molecule has 0 bridgehead atoms. The predicted octanol–water partition coefficient (Wildman–Crippen LogP) is 4.80. The number of rotatable bonds is 7. The zero-order chi connectivity index (χ0) is 15.2. The van der Waals surface area contributed by atoms with Crippen LogP contribution in [0, 0.1) is 0 Å². The lowest BCUT2D eigenvalue weighted by Crippen LogP contribution is -2.26. The first-order chi connectivity index (χ1) is 10.2. The first-order valence-electron chi connectivity index (χ1n) is 7.37. The molecular formula is C16H21BrClN3. The Morgan fingerprint density at radius 1 is 1.33 bits per heavy atom. The Hall–Kier alpha value is -0.840. The third-order valence-corrected chi connectivity index (χ3v) is 4.67. The normalized spacial score (nSPS) is 12.6. The zero-order valence-electron chi connectivity index (χ0n) is 12.4. The van der Waals surface area contributed by atoms with E-state index in [-0.39, 0.29) is 6.04 Å². The van der Waals surface area contributed by atoms with Gasteiger partial charge < -0.3 is 9.88 Å². The Labute approximate surface area is 139 Å². The van der Waals surface area contributed by atoms with Crippen LogP contribution in [0.4, 0.5) is 0 Å². The molecule has 0 fully saturated rings. The highest BCUT2D eigenvalue weighted by atomic mass is 79.9. The van der Waals surface area contributed by atoms with E-state index >= 15 is 0 Å². The van der Waals surface area contributed by atoms with Crippen molar-refractivity contribution in [2.24, 2.45) is 0 Å². The third-order valence-electron chi connectivity index (χ3n) is 3.36. The molecule has 1 unspecified atom stereocenters. The summed E-state index contributed by atoms with van der Waals surface area (Å²) in [6.45, 7) is 6.22. The van der Waals surface area contributed by atoms with E-state index < -0.39 is 0 Å². The molecule has 21 heavy (non-hydrogen) atoms. The molecule has 0 amide bonds. The van der Waals surface area contributed by atoms with Crippen LogP contribution in [0.1, 0.15) is 44.1 Å². The molecule has 0 aliphatic heterocycles. The number of nitrogens with zero attached hydrogens (tertiary/aromatic N) is 2. The van der Waals surface area contributed by atoms with Crippen molar-refractivity contribution in [2.45, 2.75) is 39.3 Å². The summed E-state index contributed by atoms with van der Waals surface area (Å²) in [6, 6.07) is 6.04. The van der Waals surface area contributed by atoms with Gasteiger partial charge in [-0.25, -0.2) is 4.98 Å². The molecule has 5 heteroatoms. The van der Waals surface area contributed by atoms with Gasteiger partial charge in [-0.05, 0) is 46.9 Å². The van der Waals surface area contributed by atoms with Crippen molar-refractivity contribution >= 4 is 27.5 Å². The summed E-state index contributed by atoms with van der Waals surface area (Å²) < 4.78 is 3.11. The van der Waals surface area contributed by atoms with Gasteiger partial charge in [0.05, 0.1) is 11.1 Å². The van der Waals surface area contributed by atoms with Crippen molar-refractivity contribution < 1.29 is 0 Å². The van der Waals surface area contributed by atoms with Crippen LogP contribution in [0.15, 0.2) is 35.1 Å². The molecule has 0 radical (unpaired) electrons. The van der Waals surface area contributed by atoms with Crippen LogP contribution >= 0.6 is 27.5 Å². The number of halogens is 2. The van der Waals surface area contributed by atoms with E-state index in [0.717, 1.165) is 46.8 Å². The maximum absolute atomic E-state index is 6.49. The Morgan fingerprint density at radius 3 is 2.86 bits per heavy atom. The largest absolute Gasteiger partial charge is 0.333 e. The van der Waals surface area contributed by atoms with Crippen molar-refractivity contribution in [3.05, 3.63) is 51.5 Å². The van der Waals surface area contributed by atoms with E-state index in [4.69, 9.17) is 11.6 Å². The van der Waals surface area contributed by atoms with Gasteiger partial charge in [0, 0.05) is 23.4 Å². The van der Waals surface area contributed by atoms with E-state index in [2.05, 4.69) is 50.7 Å². The average molecular weight is 371 g/mol. The maximum Gasteiger partial charge on any atom is 0.130 e. The van der Waals surface area contributed by atoms with Crippen LogP contribution in [0.25, 0.3) is 0 Å². The van der Waals surface area contributed by atoms with E-state index in [0.29, 0.717) is 0 Å². The van der Waals surface area contributed by atoms with Gasteiger partial charge in [-0.1, -0.05) is 37.6 Å². The van der Waals surface area contributed by atoms with Crippen molar-refractivity contribution in [2.75, 3.05) is 6.54 Å². The van der Waals surface area contributed by atoms with Crippen LogP contribution in [0.2, 0.25) is 5.02 Å². The van der Waals surface area contributed by atoms with E-state index in [1.807, 2.05) is 24.5 Å². The molecule has 0 saturated carbocycles. The summed E-state index contributed by atoms with van der Waals surface area (Å²) in [6.07, 6.45) is 6.04. The van der Waals surface area contributed by atoms with Crippen molar-refractivity contribution in [1.82, 2.24) is 14.9 Å². The Bertz CT molecular complexity index is 583. The lowest BCUT2D eigenvalue weighted by molar-refractivity contribution is 0.530. The molecule has 0 aliphatic rings. The molecule has 1 heterocycles. The van der Waals surface area contributed by atoms with Gasteiger partial charge in [-0.15, -0.1) is 0 Å². The number of hydrogen-bond acceptors (Lipinski definition) is 2. The average Bonchev–Trinajstić information content (AvgIpc) is 2.92. The predicted molar refractivity (Wildman–Crippen MR) is 91.8 cm³/mol. The number of nitrogens with one attached hydrogen (secondary N) is 1. The first-order valence-corrected chi connectivity index (χ1v) is 8.54. The van der Waals surface area contributed by atoms with Crippen LogP contribution in [-0.2, 0) is 6.54 Å². The van der Waals surface area contributed by atoms with E-state index in [9.17, 15) is 0 Å². The molecule has 1 N–H and O–H groups in total. The van der Waals surface area contributed by atoms with Gasteiger partial charge in [-0.3, -0.25) is 0 Å². The fourth-order valence-corrected chi connectivity index (χ4v) is 3.00. The Kier molecular flexibility index (Phi) is 6.27. The lowest BCUT2D eigenvalue weighted by atomic mass is 10.1. The smallest absolute Gasteiger partial charge is 0.130 e. The molecule has 0 saturated heterocycles. The van der Waals surface area contributed by atoms with Crippen LogP contribution in [-0.4, -0.2) is 16.1 Å². The van der Waals surface area contributed by atoms with Gasteiger partial charge >= 0.3 is 0 Å². The lowest BCUT2D eigenvalue weighted by Gasteiger charge is -2.21. The van der Waals surface area contributed by atoms with Crippen LogP contribution in [0.3, 0.4) is 0 Å². The molecule has 2 aromatic rings. The maximum atomic E-state index is 6.49. The highest BCUT2D eigenvalue weighted by Crippen LogP contribution is 2.33. The monoisotopic (exact) mass is 369 g/mol. The Balaban J connectivity index is 2.42. The summed E-state index contributed by atoms with van der Waals surface area (Å²) in [5, 5.41) is 4.31. The topological polar surface area (TPSA) is 29.9 Å². The van der Waals surface area contributed by atoms with Crippen molar-refractivity contribution in [1.29, 1.82) is 0 Å². The number of imidazole rings is 1. The SMILES string of the molecule is CCCNC(c1cccc(Br)c1Cl)c1nccn1CCC. The molecule has 1 atom stereocenters. The number of hydrogen-bond donors (Lipinski definition) is 1.